The number of urea groups is 1. The SMILES string of the molecule is CNC[C@H](CC1CCCCC1)NC(=O)N1CCC[C@@H](C(=CCCCOC)c2cccc(Cl)c2F)C1. The van der Waals surface area contributed by atoms with E-state index >= 15 is 4.39 Å². The number of methoxy groups -OCH3 is 1. The van der Waals surface area contributed by atoms with Gasteiger partial charge in [-0.05, 0) is 56.7 Å². The summed E-state index contributed by atoms with van der Waals surface area (Å²) in [5.74, 6) is 0.394. The van der Waals surface area contributed by atoms with Gasteiger partial charge < -0.3 is 20.3 Å². The molecule has 1 saturated carbocycles. The van der Waals surface area contributed by atoms with E-state index in [1.54, 1.807) is 25.3 Å². The second kappa shape index (κ2) is 14.8. The van der Waals surface area contributed by atoms with Crippen LogP contribution in [0, 0.1) is 17.7 Å². The van der Waals surface area contributed by atoms with Gasteiger partial charge >= 0.3 is 6.03 Å². The summed E-state index contributed by atoms with van der Waals surface area (Å²) in [6, 6.07) is 5.30. The number of nitrogens with one attached hydrogen (secondary N) is 2. The number of allylic oxidation sites excluding steroid dienone is 1. The van der Waals surface area contributed by atoms with Gasteiger partial charge in [-0.25, -0.2) is 9.18 Å². The molecular formula is C28H43ClFN3O2. The van der Waals surface area contributed by atoms with E-state index in [0.717, 1.165) is 50.8 Å². The minimum atomic E-state index is -0.379. The lowest BCUT2D eigenvalue weighted by molar-refractivity contribution is 0.169. The molecule has 1 aliphatic heterocycles. The Labute approximate surface area is 215 Å². The molecule has 35 heavy (non-hydrogen) atoms. The summed E-state index contributed by atoms with van der Waals surface area (Å²) in [6.07, 6.45) is 13.1. The van der Waals surface area contributed by atoms with Gasteiger partial charge in [-0.15, -0.1) is 0 Å². The number of amides is 2. The molecule has 3 rings (SSSR count). The Bertz CT molecular complexity index is 828. The number of ether oxygens (including phenoxy) is 1. The van der Waals surface area contributed by atoms with Gasteiger partial charge in [0.05, 0.1) is 5.02 Å². The average molecular weight is 508 g/mol. The molecule has 5 nitrogen and oxygen atoms in total. The topological polar surface area (TPSA) is 53.6 Å². The number of likely N-dealkylation sites (tertiary alicyclic amines) is 1. The van der Waals surface area contributed by atoms with E-state index in [1.807, 2.05) is 11.9 Å². The average Bonchev–Trinajstić information content (AvgIpc) is 2.87. The van der Waals surface area contributed by atoms with E-state index in [4.69, 9.17) is 16.3 Å². The van der Waals surface area contributed by atoms with Crippen molar-refractivity contribution in [3.05, 3.63) is 40.7 Å². The quantitative estimate of drug-likeness (QED) is 0.347. The summed E-state index contributed by atoms with van der Waals surface area (Å²) in [4.78, 5) is 15.2. The third kappa shape index (κ3) is 8.47. The van der Waals surface area contributed by atoms with Gasteiger partial charge in [-0.1, -0.05) is 61.9 Å². The number of benzene rings is 1. The number of carbonyl (C=O) groups excluding carboxylic acids is 1. The van der Waals surface area contributed by atoms with Gasteiger partial charge in [-0.2, -0.15) is 0 Å². The highest BCUT2D eigenvalue weighted by Gasteiger charge is 2.29. The van der Waals surface area contributed by atoms with E-state index in [-0.39, 0.29) is 28.8 Å². The number of hydrogen-bond acceptors (Lipinski definition) is 3. The lowest BCUT2D eigenvalue weighted by atomic mass is 9.84. The van der Waals surface area contributed by atoms with E-state index in [1.165, 1.54) is 32.1 Å². The van der Waals surface area contributed by atoms with Crippen molar-refractivity contribution in [3.8, 4) is 0 Å². The molecule has 2 aliphatic rings. The van der Waals surface area contributed by atoms with E-state index in [0.29, 0.717) is 24.6 Å². The van der Waals surface area contributed by atoms with E-state index < -0.39 is 0 Å². The first-order valence-corrected chi connectivity index (χ1v) is 13.7. The molecule has 2 fully saturated rings. The number of halogens is 2. The molecule has 0 unspecified atom stereocenters. The molecule has 7 heteroatoms. The Morgan fingerprint density at radius 2 is 2.06 bits per heavy atom. The molecule has 1 aromatic rings. The summed E-state index contributed by atoms with van der Waals surface area (Å²) in [7, 11) is 3.63. The number of carbonyl (C=O) groups is 1. The first kappa shape index (κ1) is 27.9. The molecule has 0 aromatic heterocycles. The Morgan fingerprint density at radius 1 is 1.26 bits per heavy atom. The summed E-state index contributed by atoms with van der Waals surface area (Å²) in [6.45, 7) is 2.75. The maximum atomic E-state index is 15.0. The lowest BCUT2D eigenvalue weighted by Gasteiger charge is -2.36. The van der Waals surface area contributed by atoms with E-state index in [2.05, 4.69) is 16.7 Å². The summed E-state index contributed by atoms with van der Waals surface area (Å²) in [5, 5.41) is 6.69. The zero-order valence-corrected chi connectivity index (χ0v) is 22.2. The zero-order chi connectivity index (χ0) is 25.0. The molecule has 1 saturated heterocycles. The Hall–Kier alpha value is -1.63. The fourth-order valence-corrected chi connectivity index (χ4v) is 5.83. The van der Waals surface area contributed by atoms with Gasteiger partial charge in [-0.3, -0.25) is 0 Å². The van der Waals surface area contributed by atoms with Gasteiger partial charge in [0.15, 0.2) is 0 Å². The highest BCUT2D eigenvalue weighted by atomic mass is 35.5. The molecule has 0 radical (unpaired) electrons. The van der Waals surface area contributed by atoms with Crippen molar-refractivity contribution in [2.24, 2.45) is 11.8 Å². The standard InChI is InChI=1S/C28H43ClFN3O2/c1-31-19-23(18-21-10-4-3-5-11-21)32-28(34)33-16-9-12-22(20-33)24(13-6-7-17-35-2)25-14-8-15-26(29)27(25)30/h8,13-15,21-23,31H,3-7,9-12,16-20H2,1-2H3,(H,32,34)/t22-,23+/m1/s1. The Morgan fingerprint density at radius 3 is 2.80 bits per heavy atom. The first-order chi connectivity index (χ1) is 17.0. The highest BCUT2D eigenvalue weighted by molar-refractivity contribution is 6.30. The van der Waals surface area contributed by atoms with Crippen molar-refractivity contribution in [3.63, 3.8) is 0 Å². The fraction of sp³-hybridized carbons (Fsp3) is 0.679. The predicted molar refractivity (Wildman–Crippen MR) is 142 cm³/mol. The number of hydrogen-bond donors (Lipinski definition) is 2. The predicted octanol–water partition coefficient (Wildman–Crippen LogP) is 6.27. The third-order valence-electron chi connectivity index (χ3n) is 7.45. The maximum Gasteiger partial charge on any atom is 0.317 e. The number of likely N-dealkylation sites (N-methyl/N-ethyl adjacent to an activating group) is 1. The van der Waals surface area contributed by atoms with Crippen molar-refractivity contribution in [1.29, 1.82) is 0 Å². The molecule has 0 spiro atoms. The molecule has 1 aromatic carbocycles. The third-order valence-corrected chi connectivity index (χ3v) is 7.74. The van der Waals surface area contributed by atoms with Crippen LogP contribution >= 0.6 is 11.6 Å². The summed E-state index contributed by atoms with van der Waals surface area (Å²) < 4.78 is 20.2. The summed E-state index contributed by atoms with van der Waals surface area (Å²) in [5.41, 5.74) is 1.50. The minimum Gasteiger partial charge on any atom is -0.385 e. The molecule has 196 valence electrons. The smallest absolute Gasteiger partial charge is 0.317 e. The first-order valence-electron chi connectivity index (χ1n) is 13.4. The van der Waals surface area contributed by atoms with Crippen LogP contribution in [0.4, 0.5) is 9.18 Å². The monoisotopic (exact) mass is 507 g/mol. The largest absolute Gasteiger partial charge is 0.385 e. The van der Waals surface area contributed by atoms with Crippen LogP contribution in [0.1, 0.15) is 69.8 Å². The Kier molecular flexibility index (Phi) is 11.8. The van der Waals surface area contributed by atoms with Crippen LogP contribution in [0.5, 0.6) is 0 Å². The second-order valence-corrected chi connectivity index (χ2v) is 10.5. The maximum absolute atomic E-state index is 15.0. The number of piperidine rings is 1. The van der Waals surface area contributed by atoms with Crippen LogP contribution in [0.2, 0.25) is 5.02 Å². The van der Waals surface area contributed by atoms with Gasteiger partial charge in [0.1, 0.15) is 5.82 Å². The van der Waals surface area contributed by atoms with E-state index in [9.17, 15) is 4.79 Å². The number of rotatable bonds is 11. The number of nitrogens with zero attached hydrogens (tertiary/aromatic N) is 1. The van der Waals surface area contributed by atoms with Crippen LogP contribution < -0.4 is 10.6 Å². The fourth-order valence-electron chi connectivity index (χ4n) is 5.65. The van der Waals surface area contributed by atoms with Crippen molar-refractivity contribution in [2.75, 3.05) is 40.4 Å². The van der Waals surface area contributed by atoms with Crippen molar-refractivity contribution < 1.29 is 13.9 Å². The normalized spacial score (nSPS) is 20.6. The molecule has 2 N–H and O–H groups in total. The van der Waals surface area contributed by atoms with Gasteiger partial charge in [0.25, 0.3) is 0 Å². The summed E-state index contributed by atoms with van der Waals surface area (Å²) >= 11 is 6.12. The van der Waals surface area contributed by atoms with Crippen LogP contribution in [-0.4, -0.2) is 57.4 Å². The van der Waals surface area contributed by atoms with Crippen molar-refractivity contribution >= 4 is 23.2 Å². The molecule has 1 aliphatic carbocycles. The van der Waals surface area contributed by atoms with Crippen molar-refractivity contribution in [2.45, 2.75) is 70.3 Å². The molecule has 2 atom stereocenters. The Balaban J connectivity index is 1.69. The molecular weight excluding hydrogens is 465 g/mol. The van der Waals surface area contributed by atoms with Crippen LogP contribution in [0.15, 0.2) is 24.3 Å². The minimum absolute atomic E-state index is 0.00365. The molecule has 2 amide bonds. The van der Waals surface area contributed by atoms with Crippen LogP contribution in [0.3, 0.4) is 0 Å². The molecule has 1 heterocycles. The molecule has 0 bridgehead atoms. The van der Waals surface area contributed by atoms with Crippen LogP contribution in [-0.2, 0) is 4.74 Å². The van der Waals surface area contributed by atoms with Crippen LogP contribution in [0.25, 0.3) is 5.57 Å². The van der Waals surface area contributed by atoms with Crippen molar-refractivity contribution in [1.82, 2.24) is 15.5 Å². The zero-order valence-electron chi connectivity index (χ0n) is 21.5. The second-order valence-electron chi connectivity index (χ2n) is 10.1. The van der Waals surface area contributed by atoms with Gasteiger partial charge in [0, 0.05) is 50.9 Å². The highest BCUT2D eigenvalue weighted by Crippen LogP contribution is 2.35. The van der Waals surface area contributed by atoms with Gasteiger partial charge in [0.2, 0.25) is 0 Å². The lowest BCUT2D eigenvalue weighted by Crippen LogP contribution is -2.51. The number of unbranched alkanes of at least 4 members (excludes halogenated alkanes) is 1.